The fourth-order valence-electron chi connectivity index (χ4n) is 2.09. The lowest BCUT2D eigenvalue weighted by Crippen LogP contribution is -2.18. The number of unbranched alkanes of at least 4 members (excludes halogenated alkanes) is 6. The normalized spacial score (nSPS) is 11.9. The summed E-state index contributed by atoms with van der Waals surface area (Å²) in [5.74, 6) is 0.639. The van der Waals surface area contributed by atoms with Gasteiger partial charge < -0.3 is 0 Å². The summed E-state index contributed by atoms with van der Waals surface area (Å²) in [4.78, 5) is 11.6. The van der Waals surface area contributed by atoms with Crippen molar-refractivity contribution in [1.82, 2.24) is 5.43 Å². The Morgan fingerprint density at radius 2 is 1.63 bits per heavy atom. The van der Waals surface area contributed by atoms with Crippen molar-refractivity contribution in [3.8, 4) is 0 Å². The third-order valence-corrected chi connectivity index (χ3v) is 3.08. The second-order valence-corrected chi connectivity index (χ2v) is 5.85. The van der Waals surface area contributed by atoms with Crippen LogP contribution in [-0.4, -0.2) is 11.6 Å². The van der Waals surface area contributed by atoms with Crippen LogP contribution in [0.15, 0.2) is 5.10 Å². The van der Waals surface area contributed by atoms with Crippen LogP contribution in [0.5, 0.6) is 0 Å². The van der Waals surface area contributed by atoms with Gasteiger partial charge in [0.15, 0.2) is 0 Å². The maximum Gasteiger partial charge on any atom is 0.240 e. The monoisotopic (exact) mass is 268 g/mol. The Hall–Kier alpha value is -0.860. The van der Waals surface area contributed by atoms with Gasteiger partial charge in [-0.1, -0.05) is 59.3 Å². The number of hydrazone groups is 1. The van der Waals surface area contributed by atoms with Crippen LogP contribution in [0.1, 0.15) is 85.5 Å². The van der Waals surface area contributed by atoms with Crippen LogP contribution in [0, 0.1) is 5.92 Å². The molecule has 0 aromatic heterocycles. The third-order valence-electron chi connectivity index (χ3n) is 3.08. The van der Waals surface area contributed by atoms with Crippen LogP contribution in [0.4, 0.5) is 0 Å². The Morgan fingerprint density at radius 3 is 2.21 bits per heavy atom. The van der Waals surface area contributed by atoms with E-state index < -0.39 is 0 Å². The molecule has 112 valence electrons. The molecule has 0 aliphatic carbocycles. The standard InChI is InChI=1S/C16H32N2O/c1-5-6-7-8-9-10-11-12-16(19)18-17-15(4)13-14(2)3/h14H,5-13H2,1-4H3,(H,18,19). The van der Waals surface area contributed by atoms with Crippen molar-refractivity contribution in [2.75, 3.05) is 0 Å². The van der Waals surface area contributed by atoms with Gasteiger partial charge in [0.2, 0.25) is 5.91 Å². The highest BCUT2D eigenvalue weighted by atomic mass is 16.2. The molecule has 0 rings (SSSR count). The summed E-state index contributed by atoms with van der Waals surface area (Å²) in [6, 6.07) is 0. The van der Waals surface area contributed by atoms with Crippen molar-refractivity contribution < 1.29 is 4.79 Å². The van der Waals surface area contributed by atoms with Gasteiger partial charge in [0, 0.05) is 12.1 Å². The molecule has 3 heteroatoms. The van der Waals surface area contributed by atoms with Crippen molar-refractivity contribution in [3.05, 3.63) is 0 Å². The Labute approximate surface area is 119 Å². The van der Waals surface area contributed by atoms with Gasteiger partial charge in [-0.05, 0) is 25.7 Å². The van der Waals surface area contributed by atoms with Gasteiger partial charge in [-0.3, -0.25) is 4.79 Å². The lowest BCUT2D eigenvalue weighted by atomic mass is 10.1. The van der Waals surface area contributed by atoms with E-state index in [1.165, 1.54) is 32.1 Å². The summed E-state index contributed by atoms with van der Waals surface area (Å²) in [6.45, 7) is 8.50. The molecule has 0 fully saturated rings. The molecule has 0 bridgehead atoms. The molecular formula is C16H32N2O. The number of carbonyl (C=O) groups excluding carboxylic acids is 1. The van der Waals surface area contributed by atoms with E-state index in [1.54, 1.807) is 0 Å². The van der Waals surface area contributed by atoms with Gasteiger partial charge >= 0.3 is 0 Å². The van der Waals surface area contributed by atoms with Crippen molar-refractivity contribution in [2.45, 2.75) is 85.5 Å². The van der Waals surface area contributed by atoms with Gasteiger partial charge in [-0.15, -0.1) is 0 Å². The van der Waals surface area contributed by atoms with Crippen LogP contribution < -0.4 is 5.43 Å². The Morgan fingerprint density at radius 1 is 1.05 bits per heavy atom. The predicted molar refractivity (Wildman–Crippen MR) is 83.3 cm³/mol. The number of hydrogen-bond acceptors (Lipinski definition) is 2. The van der Waals surface area contributed by atoms with Gasteiger partial charge in [0.25, 0.3) is 0 Å². The minimum Gasteiger partial charge on any atom is -0.273 e. The van der Waals surface area contributed by atoms with Crippen LogP contribution in [-0.2, 0) is 4.79 Å². The summed E-state index contributed by atoms with van der Waals surface area (Å²) >= 11 is 0. The van der Waals surface area contributed by atoms with Gasteiger partial charge in [-0.25, -0.2) is 5.43 Å². The number of amides is 1. The summed E-state index contributed by atoms with van der Waals surface area (Å²) in [6.07, 6.45) is 10.2. The Bertz CT molecular complexity index is 259. The average molecular weight is 268 g/mol. The molecular weight excluding hydrogens is 236 g/mol. The Kier molecular flexibility index (Phi) is 11.6. The first-order valence-corrected chi connectivity index (χ1v) is 7.88. The number of hydrogen-bond donors (Lipinski definition) is 1. The van der Waals surface area contributed by atoms with Crippen LogP contribution >= 0.6 is 0 Å². The first kappa shape index (κ1) is 18.1. The van der Waals surface area contributed by atoms with Crippen LogP contribution in [0.2, 0.25) is 0 Å². The summed E-state index contributed by atoms with van der Waals surface area (Å²) < 4.78 is 0. The molecule has 1 N–H and O–H groups in total. The van der Waals surface area contributed by atoms with E-state index in [-0.39, 0.29) is 5.91 Å². The highest BCUT2D eigenvalue weighted by Gasteiger charge is 2.01. The first-order valence-electron chi connectivity index (χ1n) is 7.88. The van der Waals surface area contributed by atoms with E-state index in [4.69, 9.17) is 0 Å². The van der Waals surface area contributed by atoms with Gasteiger partial charge in [0.1, 0.15) is 0 Å². The van der Waals surface area contributed by atoms with Gasteiger partial charge in [-0.2, -0.15) is 5.10 Å². The molecule has 0 aromatic rings. The third kappa shape index (κ3) is 13.4. The largest absolute Gasteiger partial charge is 0.273 e. The number of carbonyl (C=O) groups is 1. The average Bonchev–Trinajstić information content (AvgIpc) is 2.34. The second kappa shape index (κ2) is 12.2. The highest BCUT2D eigenvalue weighted by Crippen LogP contribution is 2.08. The van der Waals surface area contributed by atoms with E-state index >= 15 is 0 Å². The predicted octanol–water partition coefficient (Wildman–Crippen LogP) is 4.67. The lowest BCUT2D eigenvalue weighted by Gasteiger charge is -2.05. The molecule has 0 radical (unpaired) electrons. The number of rotatable bonds is 11. The Balaban J connectivity index is 3.49. The molecule has 0 aliphatic heterocycles. The zero-order chi connectivity index (χ0) is 14.5. The summed E-state index contributed by atoms with van der Waals surface area (Å²) in [7, 11) is 0. The molecule has 1 amide bonds. The zero-order valence-corrected chi connectivity index (χ0v) is 13.3. The second-order valence-electron chi connectivity index (χ2n) is 5.85. The van der Waals surface area contributed by atoms with E-state index in [2.05, 4.69) is 31.3 Å². The minimum atomic E-state index is 0.0525. The molecule has 0 aliphatic rings. The highest BCUT2D eigenvalue weighted by molar-refractivity contribution is 5.84. The van der Waals surface area contributed by atoms with Crippen LogP contribution in [0.25, 0.3) is 0 Å². The number of nitrogens with one attached hydrogen (secondary N) is 1. The molecule has 0 aromatic carbocycles. The quantitative estimate of drug-likeness (QED) is 0.330. The summed E-state index contributed by atoms with van der Waals surface area (Å²) in [5, 5.41) is 4.12. The maximum absolute atomic E-state index is 11.6. The van der Waals surface area contributed by atoms with E-state index in [9.17, 15) is 4.79 Å². The molecule has 0 spiro atoms. The smallest absolute Gasteiger partial charge is 0.240 e. The fourth-order valence-corrected chi connectivity index (χ4v) is 2.09. The topological polar surface area (TPSA) is 41.5 Å². The SMILES string of the molecule is CCCCCCCCCC(=O)NN=C(C)CC(C)C. The van der Waals surface area contributed by atoms with Crippen molar-refractivity contribution in [1.29, 1.82) is 0 Å². The first-order chi connectivity index (χ1) is 9.06. The van der Waals surface area contributed by atoms with E-state index in [0.717, 1.165) is 25.0 Å². The molecule has 0 unspecified atom stereocenters. The molecule has 0 heterocycles. The molecule has 0 saturated heterocycles. The molecule has 19 heavy (non-hydrogen) atoms. The maximum atomic E-state index is 11.6. The molecule has 0 atom stereocenters. The van der Waals surface area contributed by atoms with Crippen LogP contribution in [0.3, 0.4) is 0 Å². The molecule has 0 saturated carbocycles. The van der Waals surface area contributed by atoms with Crippen molar-refractivity contribution in [2.24, 2.45) is 11.0 Å². The van der Waals surface area contributed by atoms with Crippen molar-refractivity contribution >= 4 is 11.6 Å². The van der Waals surface area contributed by atoms with Crippen molar-refractivity contribution in [3.63, 3.8) is 0 Å². The molecule has 3 nitrogen and oxygen atoms in total. The fraction of sp³-hybridized carbons (Fsp3) is 0.875. The van der Waals surface area contributed by atoms with Gasteiger partial charge in [0.05, 0.1) is 0 Å². The zero-order valence-electron chi connectivity index (χ0n) is 13.3. The number of nitrogens with zero attached hydrogens (tertiary/aromatic N) is 1. The summed E-state index contributed by atoms with van der Waals surface area (Å²) in [5.41, 5.74) is 3.65. The van der Waals surface area contributed by atoms with E-state index in [1.807, 2.05) is 6.92 Å². The minimum absolute atomic E-state index is 0.0525. The lowest BCUT2D eigenvalue weighted by molar-refractivity contribution is -0.121. The van der Waals surface area contributed by atoms with E-state index in [0.29, 0.717) is 12.3 Å².